The molecule has 0 spiro atoms. The Morgan fingerprint density at radius 3 is 0.776 bits per heavy atom. The fourth-order valence-electron chi connectivity index (χ4n) is 7.73. The molecule has 0 aromatic heterocycles. The molecule has 0 aliphatic heterocycles. The van der Waals surface area contributed by atoms with Crippen molar-refractivity contribution in [2.24, 2.45) is 0 Å². The summed E-state index contributed by atoms with van der Waals surface area (Å²) in [5.74, 6) is -27.3. The minimum absolute atomic E-state index is 0.345. The van der Waals surface area contributed by atoms with Gasteiger partial charge in [0.15, 0.2) is 69.0 Å². The summed E-state index contributed by atoms with van der Waals surface area (Å²) in [6.45, 7) is 0. The SMILES string of the molecule is Oc1c(O)c(O)c(-c2c(O)c(O)c(N(c3ccc(-c4ccc(-c5ccccc5-c5ccccc5)cc4)cc3)c3c(O)c(O)c(-c4c(O)c(O)c(O)c(O)c4O)c(O)c3O)c(O)c2O)c(O)c1O. The molecule has 19 nitrogen and oxygen atoms in total. The van der Waals surface area contributed by atoms with E-state index in [1.807, 2.05) is 66.7 Å². The molecule has 0 saturated carbocycles. The molecule has 0 aliphatic rings. The molecule has 0 unspecified atom stereocenters. The predicted molar refractivity (Wildman–Crippen MR) is 238 cm³/mol. The third-order valence-corrected chi connectivity index (χ3v) is 11.1. The fourth-order valence-corrected chi connectivity index (χ4v) is 7.73. The van der Waals surface area contributed by atoms with Gasteiger partial charge in [-0.05, 0) is 45.5 Å². The summed E-state index contributed by atoms with van der Waals surface area (Å²) in [5, 5.41) is 195. The van der Waals surface area contributed by atoms with Gasteiger partial charge in [0, 0.05) is 5.69 Å². The van der Waals surface area contributed by atoms with Crippen LogP contribution in [0.5, 0.6) is 103 Å². The van der Waals surface area contributed by atoms with Crippen LogP contribution in [-0.2, 0) is 0 Å². The topological polar surface area (TPSA) is 367 Å². The average Bonchev–Trinajstić information content (AvgIpc) is 3.34. The third-order valence-electron chi connectivity index (χ3n) is 11.1. The fraction of sp³-hybridized carbons (Fsp3) is 0. The molecule has 0 radical (unpaired) electrons. The Balaban J connectivity index is 1.33. The first-order chi connectivity index (χ1) is 31.8. The van der Waals surface area contributed by atoms with Crippen molar-refractivity contribution in [3.05, 3.63) is 103 Å². The molecule has 0 bridgehead atoms. The van der Waals surface area contributed by atoms with Gasteiger partial charge < -0.3 is 91.9 Å². The van der Waals surface area contributed by atoms with Gasteiger partial charge in [0.2, 0.25) is 34.5 Å². The second-order valence-electron chi connectivity index (χ2n) is 14.8. The number of benzene rings is 8. The van der Waals surface area contributed by atoms with E-state index >= 15 is 0 Å². The van der Waals surface area contributed by atoms with Crippen molar-refractivity contribution in [1.29, 1.82) is 0 Å². The molecule has 340 valence electrons. The summed E-state index contributed by atoms with van der Waals surface area (Å²) < 4.78 is 0. The number of nitrogens with zero attached hydrogens (tertiary/aromatic N) is 1. The van der Waals surface area contributed by atoms with Gasteiger partial charge in [0.25, 0.3) is 0 Å². The molecule has 8 aromatic rings. The molecule has 0 saturated heterocycles. The second-order valence-corrected chi connectivity index (χ2v) is 14.8. The summed E-state index contributed by atoms with van der Waals surface area (Å²) in [5.41, 5.74) is -2.90. The average molecular weight is 914 g/mol. The maximum atomic E-state index is 11.6. The van der Waals surface area contributed by atoms with E-state index in [0.717, 1.165) is 22.3 Å². The number of aromatic hydroxyl groups is 18. The number of hydrogen-bond donors (Lipinski definition) is 18. The van der Waals surface area contributed by atoms with Crippen molar-refractivity contribution < 1.29 is 91.9 Å². The van der Waals surface area contributed by atoms with E-state index in [-0.39, 0.29) is 5.69 Å². The van der Waals surface area contributed by atoms with Crippen LogP contribution in [0.15, 0.2) is 103 Å². The largest absolute Gasteiger partial charge is 0.504 e. The molecule has 8 rings (SSSR count). The van der Waals surface area contributed by atoms with Crippen LogP contribution >= 0.6 is 0 Å². The molecule has 0 fully saturated rings. The van der Waals surface area contributed by atoms with E-state index in [2.05, 4.69) is 0 Å². The number of phenols is 18. The van der Waals surface area contributed by atoms with Gasteiger partial charge >= 0.3 is 0 Å². The zero-order chi connectivity index (χ0) is 48.5. The van der Waals surface area contributed by atoms with Crippen LogP contribution in [0.25, 0.3) is 55.6 Å². The van der Waals surface area contributed by atoms with Crippen molar-refractivity contribution in [3.8, 4) is 159 Å². The van der Waals surface area contributed by atoms with E-state index in [9.17, 15) is 91.9 Å². The Morgan fingerprint density at radius 2 is 0.448 bits per heavy atom. The van der Waals surface area contributed by atoms with Crippen LogP contribution < -0.4 is 4.90 Å². The molecule has 19 heteroatoms. The molecule has 0 aliphatic carbocycles. The van der Waals surface area contributed by atoms with Gasteiger partial charge in [-0.3, -0.25) is 4.90 Å². The first-order valence-electron chi connectivity index (χ1n) is 19.3. The lowest BCUT2D eigenvalue weighted by Crippen LogP contribution is -2.12. The van der Waals surface area contributed by atoms with Gasteiger partial charge in [-0.25, -0.2) is 0 Å². The summed E-state index contributed by atoms with van der Waals surface area (Å²) in [4.78, 5) is 0.451. The molecule has 0 amide bonds. The maximum Gasteiger partial charge on any atom is 0.208 e. The lowest BCUT2D eigenvalue weighted by molar-refractivity contribution is 0.329. The quantitative estimate of drug-likeness (QED) is 0.0504. The lowest BCUT2D eigenvalue weighted by Gasteiger charge is -2.30. The second kappa shape index (κ2) is 15.9. The highest BCUT2D eigenvalue weighted by atomic mass is 16.4. The Kier molecular flexibility index (Phi) is 10.4. The smallest absolute Gasteiger partial charge is 0.208 e. The third kappa shape index (κ3) is 6.61. The number of phenolic OH excluding ortho intramolecular Hbond substituents is 18. The van der Waals surface area contributed by atoms with Crippen molar-refractivity contribution in [2.45, 2.75) is 0 Å². The van der Waals surface area contributed by atoms with Gasteiger partial charge in [0.1, 0.15) is 11.4 Å². The molecule has 67 heavy (non-hydrogen) atoms. The predicted octanol–water partition coefficient (Wildman–Crippen LogP) is 8.19. The Labute approximate surface area is 375 Å². The normalized spacial score (nSPS) is 11.2. The summed E-state index contributed by atoms with van der Waals surface area (Å²) in [6, 6.07) is 30.2. The van der Waals surface area contributed by atoms with E-state index < -0.39 is 137 Å². The Hall–Kier alpha value is -10.0. The van der Waals surface area contributed by atoms with Crippen molar-refractivity contribution >= 4 is 17.1 Å². The van der Waals surface area contributed by atoms with Gasteiger partial charge in [0.05, 0.1) is 22.3 Å². The van der Waals surface area contributed by atoms with Crippen molar-refractivity contribution in [3.63, 3.8) is 0 Å². The van der Waals surface area contributed by atoms with Gasteiger partial charge in [-0.15, -0.1) is 0 Å². The number of rotatable bonds is 8. The Bertz CT molecular complexity index is 3070. The number of hydrogen-bond acceptors (Lipinski definition) is 19. The van der Waals surface area contributed by atoms with Crippen LogP contribution in [0.3, 0.4) is 0 Å². The van der Waals surface area contributed by atoms with Crippen LogP contribution in [0.1, 0.15) is 0 Å². The van der Waals surface area contributed by atoms with Crippen LogP contribution in [0, 0.1) is 0 Å². The van der Waals surface area contributed by atoms with Gasteiger partial charge in [-0.2, -0.15) is 0 Å². The van der Waals surface area contributed by atoms with E-state index in [4.69, 9.17) is 0 Å². The minimum Gasteiger partial charge on any atom is -0.504 e. The first-order valence-corrected chi connectivity index (χ1v) is 19.3. The van der Waals surface area contributed by atoms with Gasteiger partial charge in [-0.1, -0.05) is 91.0 Å². The maximum absolute atomic E-state index is 11.6. The molecule has 18 N–H and O–H groups in total. The van der Waals surface area contributed by atoms with Crippen LogP contribution in [0.4, 0.5) is 17.1 Å². The van der Waals surface area contributed by atoms with E-state index in [1.54, 1.807) is 12.1 Å². The molecule has 8 aromatic carbocycles. The van der Waals surface area contributed by atoms with Crippen molar-refractivity contribution in [1.82, 2.24) is 0 Å². The first kappa shape index (κ1) is 43.6. The highest BCUT2D eigenvalue weighted by molar-refractivity contribution is 6.03. The summed E-state index contributed by atoms with van der Waals surface area (Å²) >= 11 is 0. The lowest BCUT2D eigenvalue weighted by atomic mass is 9.93. The molecular weight excluding hydrogens is 879 g/mol. The number of anilines is 3. The van der Waals surface area contributed by atoms with E-state index in [0.29, 0.717) is 16.0 Å². The Morgan fingerprint density at radius 1 is 0.209 bits per heavy atom. The summed E-state index contributed by atoms with van der Waals surface area (Å²) in [6.07, 6.45) is 0. The van der Waals surface area contributed by atoms with Crippen LogP contribution in [0.2, 0.25) is 0 Å². The summed E-state index contributed by atoms with van der Waals surface area (Å²) in [7, 11) is 0. The van der Waals surface area contributed by atoms with Crippen LogP contribution in [-0.4, -0.2) is 91.9 Å². The molecule has 0 heterocycles. The monoisotopic (exact) mass is 913 g/mol. The molecule has 0 atom stereocenters. The minimum atomic E-state index is -1.56. The zero-order valence-corrected chi connectivity index (χ0v) is 33.8. The highest BCUT2D eigenvalue weighted by Crippen LogP contribution is 2.68. The molecular formula is C48H35NO18. The standard InChI is InChI=1S/C48H35NO18/c50-31-25(27-35(54)43(62)47(66)44(63)36(27)55)32(51)40(59)29(39(31)58)49(30-41(60)33(52)26(34(53)42(30)61)28-37(56)45(64)48(67)46(65)38(28)57)22-16-14-19(15-17-22)18-10-12-21(13-11-18)24-9-5-4-8-23(24)20-6-2-1-3-7-20/h1-17,50-67H. The van der Waals surface area contributed by atoms with Crippen molar-refractivity contribution in [2.75, 3.05) is 4.90 Å². The highest BCUT2D eigenvalue weighted by Gasteiger charge is 2.39. The van der Waals surface area contributed by atoms with E-state index in [1.165, 1.54) is 24.3 Å². The zero-order valence-electron chi connectivity index (χ0n) is 33.8.